The van der Waals surface area contributed by atoms with Crippen LogP contribution in [0.15, 0.2) is 53.9 Å². The Balaban J connectivity index is 2.10. The predicted octanol–water partition coefficient (Wildman–Crippen LogP) is 4.28. The minimum absolute atomic E-state index is 0.111. The summed E-state index contributed by atoms with van der Waals surface area (Å²) < 4.78 is 29.6. The Morgan fingerprint density at radius 2 is 1.96 bits per heavy atom. The number of nitrogens with one attached hydrogen (secondary N) is 1. The lowest BCUT2D eigenvalue weighted by atomic mass is 10.2. The molecule has 8 heteroatoms. The molecule has 0 saturated heterocycles. The van der Waals surface area contributed by atoms with Gasteiger partial charge in [-0.15, -0.1) is 6.58 Å². The van der Waals surface area contributed by atoms with Gasteiger partial charge in [0, 0.05) is 10.7 Å². The van der Waals surface area contributed by atoms with E-state index < -0.39 is 15.7 Å². The lowest BCUT2D eigenvalue weighted by Gasteiger charge is -2.12. The number of rotatable bonds is 7. The van der Waals surface area contributed by atoms with E-state index in [-0.39, 0.29) is 17.3 Å². The van der Waals surface area contributed by atoms with Crippen molar-refractivity contribution in [2.45, 2.75) is 11.8 Å². The van der Waals surface area contributed by atoms with E-state index in [1.54, 1.807) is 25.1 Å². The zero-order chi connectivity index (χ0) is 19.3. The van der Waals surface area contributed by atoms with E-state index >= 15 is 0 Å². The first kappa shape index (κ1) is 20.3. The monoisotopic (exact) mass is 413 g/mol. The molecular weight excluding hydrogens is 397 g/mol. The van der Waals surface area contributed by atoms with Gasteiger partial charge in [-0.05, 0) is 42.8 Å². The highest BCUT2D eigenvalue weighted by molar-refractivity contribution is 7.91. The Hall–Kier alpha value is -2.02. The van der Waals surface area contributed by atoms with Crippen LogP contribution < -0.4 is 10.1 Å². The SMILES string of the molecule is C=CCS(=O)(=O)c1ccc(C)c(NC(=O)COc2ccc(Cl)cc2Cl)c1. The molecule has 26 heavy (non-hydrogen) atoms. The molecule has 0 atom stereocenters. The molecule has 0 radical (unpaired) electrons. The Labute approximate surface area is 162 Å². The van der Waals surface area contributed by atoms with Crippen LogP contribution in [0, 0.1) is 6.92 Å². The number of ether oxygens (including phenoxy) is 1. The Bertz CT molecular complexity index is 942. The molecule has 0 fully saturated rings. The number of aryl methyl sites for hydroxylation is 1. The molecule has 0 saturated carbocycles. The lowest BCUT2D eigenvalue weighted by Crippen LogP contribution is -2.21. The second kappa shape index (κ2) is 8.58. The summed E-state index contributed by atoms with van der Waals surface area (Å²) in [6, 6.07) is 9.20. The van der Waals surface area contributed by atoms with E-state index in [1.165, 1.54) is 24.3 Å². The summed E-state index contributed by atoms with van der Waals surface area (Å²) in [4.78, 5) is 12.2. The summed E-state index contributed by atoms with van der Waals surface area (Å²) in [6.45, 7) is 4.91. The number of carbonyl (C=O) groups is 1. The van der Waals surface area contributed by atoms with Gasteiger partial charge in [-0.1, -0.05) is 35.3 Å². The molecule has 1 N–H and O–H groups in total. The fraction of sp³-hybridized carbons (Fsp3) is 0.167. The second-order valence-electron chi connectivity index (χ2n) is 5.46. The molecule has 138 valence electrons. The summed E-state index contributed by atoms with van der Waals surface area (Å²) in [5, 5.41) is 3.39. The average molecular weight is 414 g/mol. The van der Waals surface area contributed by atoms with Crippen LogP contribution in [0.25, 0.3) is 0 Å². The maximum atomic E-state index is 12.1. The number of halogens is 2. The number of hydrogen-bond acceptors (Lipinski definition) is 4. The zero-order valence-corrected chi connectivity index (χ0v) is 16.3. The average Bonchev–Trinajstić information content (AvgIpc) is 2.56. The van der Waals surface area contributed by atoms with Crippen LogP contribution >= 0.6 is 23.2 Å². The van der Waals surface area contributed by atoms with E-state index in [1.807, 2.05) is 0 Å². The van der Waals surface area contributed by atoms with Gasteiger partial charge in [0.1, 0.15) is 5.75 Å². The predicted molar refractivity (Wildman–Crippen MR) is 104 cm³/mol. The van der Waals surface area contributed by atoms with Crippen LogP contribution in [0.1, 0.15) is 5.56 Å². The maximum Gasteiger partial charge on any atom is 0.262 e. The van der Waals surface area contributed by atoms with E-state index in [0.29, 0.717) is 21.5 Å². The fourth-order valence-electron chi connectivity index (χ4n) is 2.10. The third-order valence-corrected chi connectivity index (χ3v) is 5.61. The fourth-order valence-corrected chi connectivity index (χ4v) is 3.64. The largest absolute Gasteiger partial charge is 0.482 e. The summed E-state index contributed by atoms with van der Waals surface area (Å²) in [6.07, 6.45) is 1.32. The van der Waals surface area contributed by atoms with Gasteiger partial charge in [0.25, 0.3) is 5.91 Å². The Morgan fingerprint density at radius 3 is 2.62 bits per heavy atom. The summed E-state index contributed by atoms with van der Waals surface area (Å²) in [5.74, 6) is -0.302. The molecule has 2 aromatic rings. The second-order valence-corrected chi connectivity index (χ2v) is 8.34. The molecule has 0 aromatic heterocycles. The molecule has 0 spiro atoms. The lowest BCUT2D eigenvalue weighted by molar-refractivity contribution is -0.118. The van der Waals surface area contributed by atoms with Crippen LogP contribution in [-0.4, -0.2) is 26.7 Å². The van der Waals surface area contributed by atoms with Crippen molar-refractivity contribution in [1.29, 1.82) is 0 Å². The third kappa shape index (κ3) is 5.24. The third-order valence-electron chi connectivity index (χ3n) is 3.43. The smallest absolute Gasteiger partial charge is 0.262 e. The van der Waals surface area contributed by atoms with E-state index in [0.717, 1.165) is 5.56 Å². The van der Waals surface area contributed by atoms with Crippen LogP contribution in [0.2, 0.25) is 10.0 Å². The van der Waals surface area contributed by atoms with Gasteiger partial charge >= 0.3 is 0 Å². The van der Waals surface area contributed by atoms with E-state index in [2.05, 4.69) is 11.9 Å². The van der Waals surface area contributed by atoms with Crippen molar-refractivity contribution in [2.75, 3.05) is 17.7 Å². The molecule has 0 bridgehead atoms. The van der Waals surface area contributed by atoms with E-state index in [9.17, 15) is 13.2 Å². The van der Waals surface area contributed by atoms with Crippen molar-refractivity contribution in [3.8, 4) is 5.75 Å². The topological polar surface area (TPSA) is 72.5 Å². The first-order chi connectivity index (χ1) is 12.2. The maximum absolute atomic E-state index is 12.1. The molecule has 0 aliphatic heterocycles. The van der Waals surface area contributed by atoms with Gasteiger partial charge in [-0.2, -0.15) is 0 Å². The molecule has 0 unspecified atom stereocenters. The highest BCUT2D eigenvalue weighted by Crippen LogP contribution is 2.27. The Morgan fingerprint density at radius 1 is 1.23 bits per heavy atom. The number of anilines is 1. The van der Waals surface area contributed by atoms with Crippen LogP contribution in [0.3, 0.4) is 0 Å². The van der Waals surface area contributed by atoms with Gasteiger partial charge in [0.05, 0.1) is 15.7 Å². The molecule has 1 amide bonds. The number of benzene rings is 2. The van der Waals surface area contributed by atoms with Crippen molar-refractivity contribution in [2.24, 2.45) is 0 Å². The molecule has 0 aliphatic rings. The van der Waals surface area contributed by atoms with Gasteiger partial charge < -0.3 is 10.1 Å². The van der Waals surface area contributed by atoms with Crippen LogP contribution in [-0.2, 0) is 14.6 Å². The minimum atomic E-state index is -3.48. The first-order valence-electron chi connectivity index (χ1n) is 7.55. The van der Waals surface area contributed by atoms with Crippen LogP contribution in [0.5, 0.6) is 5.75 Å². The number of hydrogen-bond donors (Lipinski definition) is 1. The molecule has 5 nitrogen and oxygen atoms in total. The first-order valence-corrected chi connectivity index (χ1v) is 9.96. The van der Waals surface area contributed by atoms with Gasteiger partial charge in [-0.3, -0.25) is 4.79 Å². The van der Waals surface area contributed by atoms with Gasteiger partial charge in [0.15, 0.2) is 16.4 Å². The minimum Gasteiger partial charge on any atom is -0.482 e. The van der Waals surface area contributed by atoms with E-state index in [4.69, 9.17) is 27.9 Å². The van der Waals surface area contributed by atoms with Gasteiger partial charge in [0.2, 0.25) is 0 Å². The molecule has 0 aliphatic carbocycles. The van der Waals surface area contributed by atoms with Crippen LogP contribution in [0.4, 0.5) is 5.69 Å². The summed E-state index contributed by atoms with van der Waals surface area (Å²) in [5.41, 5.74) is 1.12. The Kier molecular flexibility index (Phi) is 6.69. The quantitative estimate of drug-likeness (QED) is 0.687. The van der Waals surface area contributed by atoms with Crippen molar-refractivity contribution >= 4 is 44.6 Å². The molecule has 2 rings (SSSR count). The molecule has 0 heterocycles. The number of sulfone groups is 1. The number of carbonyl (C=O) groups excluding carboxylic acids is 1. The normalized spacial score (nSPS) is 11.0. The van der Waals surface area contributed by atoms with Crippen molar-refractivity contribution in [3.63, 3.8) is 0 Å². The van der Waals surface area contributed by atoms with Gasteiger partial charge in [-0.25, -0.2) is 8.42 Å². The standard InChI is InChI=1S/C18H17Cl2NO4S/c1-3-8-26(23,24)14-6-4-12(2)16(10-14)21-18(22)11-25-17-7-5-13(19)9-15(17)20/h3-7,9-10H,1,8,11H2,2H3,(H,21,22). The summed E-state index contributed by atoms with van der Waals surface area (Å²) in [7, 11) is -3.48. The summed E-state index contributed by atoms with van der Waals surface area (Å²) >= 11 is 11.8. The molecular formula is C18H17Cl2NO4S. The highest BCUT2D eigenvalue weighted by atomic mass is 35.5. The van der Waals surface area contributed by atoms with Crippen molar-refractivity contribution < 1.29 is 17.9 Å². The molecule has 2 aromatic carbocycles. The highest BCUT2D eigenvalue weighted by Gasteiger charge is 2.15. The number of amides is 1. The van der Waals surface area contributed by atoms with Crippen molar-refractivity contribution in [3.05, 3.63) is 64.7 Å². The van der Waals surface area contributed by atoms with Crippen molar-refractivity contribution in [1.82, 2.24) is 0 Å². The zero-order valence-electron chi connectivity index (χ0n) is 14.0.